The number of ether oxygens (including phenoxy) is 2. The normalized spacial score (nSPS) is 22.8. The largest absolute Gasteiger partial charge is 0.604 e. The van der Waals surface area contributed by atoms with Crippen LogP contribution in [0.1, 0.15) is 6.92 Å². The average molecular weight is 418 g/mol. The zero-order valence-corrected chi connectivity index (χ0v) is 15.8. The first-order valence-electron chi connectivity index (χ1n) is 8.19. The van der Waals surface area contributed by atoms with Gasteiger partial charge >= 0.3 is 17.5 Å². The number of rotatable bonds is 6. The monoisotopic (exact) mass is 418 g/mol. The van der Waals surface area contributed by atoms with Crippen LogP contribution in [0.15, 0.2) is 41.6 Å². The summed E-state index contributed by atoms with van der Waals surface area (Å²) >= 11 is -2.05. The van der Waals surface area contributed by atoms with Crippen LogP contribution in [-0.2, 0) is 35.1 Å². The quantitative estimate of drug-likeness (QED) is 0.119. The summed E-state index contributed by atoms with van der Waals surface area (Å²) in [5, 5.41) is 0.822. The molecule has 1 fully saturated rings. The average Bonchev–Trinajstić information content (AvgIpc) is 2.71. The number of β-lactam (4-membered cyclic amide) rings is 1. The number of hydrogen-bond acceptors (Lipinski definition) is 7. The molecule has 12 heteroatoms. The van der Waals surface area contributed by atoms with Gasteiger partial charge < -0.3 is 24.9 Å². The topological polar surface area (TPSA) is 161 Å². The molecule has 2 aliphatic rings. The van der Waals surface area contributed by atoms with E-state index in [9.17, 15) is 23.7 Å². The Balaban J connectivity index is 1.77. The van der Waals surface area contributed by atoms with E-state index in [0.717, 1.165) is 4.90 Å². The Morgan fingerprint density at radius 2 is 2.07 bits per heavy atom. The van der Waals surface area contributed by atoms with Crippen LogP contribution in [0.2, 0.25) is 0 Å². The maximum absolute atomic E-state index is 12.7. The third-order valence-electron chi connectivity index (χ3n) is 4.24. The van der Waals surface area contributed by atoms with Gasteiger partial charge in [0.2, 0.25) is 5.37 Å². The lowest BCUT2D eigenvalue weighted by Gasteiger charge is -2.46. The van der Waals surface area contributed by atoms with Crippen LogP contribution >= 0.6 is 0 Å². The summed E-state index contributed by atoms with van der Waals surface area (Å²) in [7, 11) is 0. The highest BCUT2D eigenvalue weighted by molar-refractivity contribution is 8.07. The van der Waals surface area contributed by atoms with Crippen molar-refractivity contribution in [2.45, 2.75) is 18.3 Å². The first kappa shape index (κ1) is 20.3. The van der Waals surface area contributed by atoms with E-state index < -0.39 is 47.0 Å². The molecular weight excluding hydrogens is 404 g/mol. The van der Waals surface area contributed by atoms with E-state index >= 15 is 0 Å². The molecule has 0 radical (unpaired) electrons. The van der Waals surface area contributed by atoms with Crippen LogP contribution < -0.4 is 10.1 Å². The second-order valence-electron chi connectivity index (χ2n) is 5.92. The van der Waals surface area contributed by atoms with Gasteiger partial charge in [-0.25, -0.2) is 4.79 Å². The Morgan fingerprint density at radius 1 is 1.38 bits per heavy atom. The van der Waals surface area contributed by atoms with Gasteiger partial charge in [-0.05, 0) is 19.1 Å². The van der Waals surface area contributed by atoms with E-state index in [1.165, 1.54) is 6.92 Å². The number of carbonyl (C=O) groups excluding carboxylic acids is 4. The summed E-state index contributed by atoms with van der Waals surface area (Å²) < 4.78 is 22.2. The molecule has 29 heavy (non-hydrogen) atoms. The first-order valence-corrected chi connectivity index (χ1v) is 9.40. The van der Waals surface area contributed by atoms with Gasteiger partial charge in [-0.1, -0.05) is 18.2 Å². The first-order chi connectivity index (χ1) is 13.9. The van der Waals surface area contributed by atoms with Crippen molar-refractivity contribution in [1.82, 2.24) is 10.2 Å². The number of nitrogens with zero attached hydrogens (tertiary/aromatic N) is 3. The molecule has 2 amide bonds. The summed E-state index contributed by atoms with van der Waals surface area (Å²) in [6, 6.07) is 7.25. The number of fused-ring (bicyclic) bond motifs is 1. The van der Waals surface area contributed by atoms with Crippen molar-refractivity contribution in [2.24, 2.45) is 0 Å². The molecular formula is C17H14N4O7S. The summed E-state index contributed by atoms with van der Waals surface area (Å²) in [6.45, 7) is 0.768. The van der Waals surface area contributed by atoms with E-state index in [1.807, 2.05) is 0 Å². The smallest absolute Gasteiger partial charge is 0.490 e. The van der Waals surface area contributed by atoms with Gasteiger partial charge in [0.15, 0.2) is 18.3 Å². The number of esters is 1. The maximum atomic E-state index is 12.7. The predicted molar refractivity (Wildman–Crippen MR) is 96.1 cm³/mol. The summed E-state index contributed by atoms with van der Waals surface area (Å²) in [4.78, 5) is 51.0. The number of benzene rings is 1. The Morgan fingerprint density at radius 3 is 2.69 bits per heavy atom. The molecule has 1 saturated heterocycles. The van der Waals surface area contributed by atoms with Crippen molar-refractivity contribution in [3.8, 4) is 5.75 Å². The lowest BCUT2D eigenvalue weighted by molar-refractivity contribution is -0.156. The second kappa shape index (κ2) is 8.27. The third-order valence-corrected chi connectivity index (χ3v) is 5.93. The van der Waals surface area contributed by atoms with Gasteiger partial charge in [0.25, 0.3) is 11.8 Å². The van der Waals surface area contributed by atoms with Crippen molar-refractivity contribution >= 4 is 40.5 Å². The highest BCUT2D eigenvalue weighted by atomic mass is 32.2. The molecule has 2 heterocycles. The van der Waals surface area contributed by atoms with Crippen LogP contribution in [0.25, 0.3) is 5.53 Å². The number of hydrogen-bond donors (Lipinski definition) is 1. The molecule has 0 spiro atoms. The fourth-order valence-corrected chi connectivity index (χ4v) is 4.49. The fourth-order valence-electron chi connectivity index (χ4n) is 2.95. The van der Waals surface area contributed by atoms with Crippen molar-refractivity contribution in [2.75, 3.05) is 6.61 Å². The van der Waals surface area contributed by atoms with Gasteiger partial charge in [0.05, 0.1) is 11.2 Å². The molecule has 11 nitrogen and oxygen atoms in total. The molecule has 1 aromatic carbocycles. The van der Waals surface area contributed by atoms with Crippen LogP contribution in [0.4, 0.5) is 0 Å². The number of carbonyl (C=O) groups is 4. The minimum absolute atomic E-state index is 0.0838. The number of amides is 2. The van der Waals surface area contributed by atoms with E-state index in [0.29, 0.717) is 5.75 Å². The number of para-hydroxylation sites is 1. The zero-order chi connectivity index (χ0) is 21.1. The van der Waals surface area contributed by atoms with Crippen LogP contribution in [0.3, 0.4) is 0 Å². The summed E-state index contributed by atoms with van der Waals surface area (Å²) in [5.41, 5.74) is 8.69. The minimum atomic E-state index is -2.05. The Kier molecular flexibility index (Phi) is 5.78. The van der Waals surface area contributed by atoms with Crippen molar-refractivity contribution in [1.29, 1.82) is 0 Å². The van der Waals surface area contributed by atoms with Crippen LogP contribution in [0.5, 0.6) is 5.75 Å². The lowest BCUT2D eigenvalue weighted by Crippen LogP contribution is -2.75. The van der Waals surface area contributed by atoms with Crippen LogP contribution in [0, 0.1) is 0 Å². The summed E-state index contributed by atoms with van der Waals surface area (Å²) in [5.74, 6) is -2.12. The molecule has 0 saturated carbocycles. The van der Waals surface area contributed by atoms with E-state index in [4.69, 9.17) is 10.3 Å². The Labute approximate surface area is 167 Å². The zero-order valence-electron chi connectivity index (χ0n) is 14.9. The maximum Gasteiger partial charge on any atom is 0.490 e. The van der Waals surface area contributed by atoms with E-state index in [-0.39, 0.29) is 22.8 Å². The highest BCUT2D eigenvalue weighted by Gasteiger charge is 2.65. The molecule has 0 aromatic heterocycles. The molecule has 1 unspecified atom stereocenters. The molecule has 2 aliphatic heterocycles. The SMILES string of the molecule is CC1=C(C(=O)OC=O)N2C(=O)C(NC(=O)COc3ccccc3)[C@@H]2[S@@+]([O-])C1=[N+]=[N-]. The number of nitrogens with one attached hydrogen (secondary N) is 1. The Bertz CT molecular complexity index is 958. The van der Waals surface area contributed by atoms with Gasteiger partial charge in [-0.15, -0.1) is 4.79 Å². The molecule has 3 atom stereocenters. The van der Waals surface area contributed by atoms with Crippen molar-refractivity contribution < 1.29 is 38.0 Å². The molecule has 1 aromatic rings. The fraction of sp³-hybridized carbons (Fsp3) is 0.235. The second-order valence-corrected chi connectivity index (χ2v) is 7.39. The molecule has 3 rings (SSSR count). The minimum Gasteiger partial charge on any atom is -0.604 e. The van der Waals surface area contributed by atoms with Gasteiger partial charge in [-0.2, -0.15) is 0 Å². The highest BCUT2D eigenvalue weighted by Crippen LogP contribution is 2.37. The van der Waals surface area contributed by atoms with E-state index in [2.05, 4.69) is 14.8 Å². The van der Waals surface area contributed by atoms with Gasteiger partial charge in [0, 0.05) is 0 Å². The molecule has 0 aliphatic carbocycles. The third kappa shape index (κ3) is 3.63. The predicted octanol–water partition coefficient (Wildman–Crippen LogP) is -0.917. The summed E-state index contributed by atoms with van der Waals surface area (Å²) in [6.07, 6.45) is 0. The molecule has 1 N–H and O–H groups in total. The van der Waals surface area contributed by atoms with Crippen molar-refractivity contribution in [3.05, 3.63) is 47.1 Å². The standard InChI is InChI=1S/C17H14N4O7S/c1-9-13(17(25)28-8-22)21-15(24)12(16(21)29(26)14(9)20-18)19-11(23)7-27-10-5-3-2-4-6-10/h2-6,8,12,16H,7H2,1H3,(H,19,23)/t12?,16-,29-/m0/s1. The molecule has 0 bridgehead atoms. The van der Waals surface area contributed by atoms with Crippen LogP contribution in [-0.4, -0.2) is 61.6 Å². The lowest BCUT2D eigenvalue weighted by atomic mass is 10.0. The van der Waals surface area contributed by atoms with E-state index in [1.54, 1.807) is 30.3 Å². The van der Waals surface area contributed by atoms with Gasteiger partial charge in [0.1, 0.15) is 11.3 Å². The molecule has 150 valence electrons. The Hall–Kier alpha value is -3.47. The van der Waals surface area contributed by atoms with Crippen molar-refractivity contribution in [3.63, 3.8) is 0 Å². The van der Waals surface area contributed by atoms with Gasteiger partial charge in [-0.3, -0.25) is 19.3 Å².